The number of halogens is 3. The molecule has 0 aliphatic rings. The number of esters is 1. The second kappa shape index (κ2) is 9.47. The van der Waals surface area contributed by atoms with Crippen molar-refractivity contribution in [2.24, 2.45) is 0 Å². The lowest BCUT2D eigenvalue weighted by Gasteiger charge is -2.06. The molecule has 0 fully saturated rings. The van der Waals surface area contributed by atoms with Gasteiger partial charge in [0.15, 0.2) is 0 Å². The van der Waals surface area contributed by atoms with Crippen molar-refractivity contribution in [2.45, 2.75) is 38.8 Å². The summed E-state index contributed by atoms with van der Waals surface area (Å²) in [7, 11) is 1.39. The Kier molecular flexibility index (Phi) is 6.98. The third kappa shape index (κ3) is 5.72. The Hall–Kier alpha value is -2.60. The summed E-state index contributed by atoms with van der Waals surface area (Å²) < 4.78 is 42.9. The van der Waals surface area contributed by atoms with E-state index in [0.717, 1.165) is 46.5 Å². The molecule has 2 nitrogen and oxygen atoms in total. The fraction of sp³-hybridized carbons (Fsp3) is 0.292. The number of hydrogen-bond acceptors (Lipinski definition) is 3. The van der Waals surface area contributed by atoms with E-state index in [1.54, 1.807) is 11.3 Å². The van der Waals surface area contributed by atoms with Crippen LogP contribution < -0.4 is 0 Å². The summed E-state index contributed by atoms with van der Waals surface area (Å²) in [5.74, 6) is -0.212. The Morgan fingerprint density at radius 1 is 0.933 bits per heavy atom. The summed E-state index contributed by atoms with van der Waals surface area (Å²) in [6.45, 7) is 2.04. The van der Waals surface area contributed by atoms with Crippen LogP contribution in [0.15, 0.2) is 54.6 Å². The molecule has 0 N–H and O–H groups in total. The maximum atomic E-state index is 12.8. The van der Waals surface area contributed by atoms with Gasteiger partial charge in [-0.15, -0.1) is 11.3 Å². The number of aryl methyl sites for hydroxylation is 4. The topological polar surface area (TPSA) is 26.3 Å². The fourth-order valence-corrected chi connectivity index (χ4v) is 4.39. The van der Waals surface area contributed by atoms with Gasteiger partial charge in [0.05, 0.1) is 12.7 Å². The highest BCUT2D eigenvalue weighted by Crippen LogP contribution is 2.35. The van der Waals surface area contributed by atoms with Gasteiger partial charge >= 0.3 is 12.1 Å². The molecule has 1 aromatic heterocycles. The van der Waals surface area contributed by atoms with Gasteiger partial charge in [-0.3, -0.25) is 4.79 Å². The number of carbonyl (C=O) groups excluding carboxylic acids is 1. The molecule has 158 valence electrons. The van der Waals surface area contributed by atoms with Crippen molar-refractivity contribution in [1.82, 2.24) is 0 Å². The van der Waals surface area contributed by atoms with Crippen molar-refractivity contribution in [2.75, 3.05) is 7.11 Å². The zero-order valence-corrected chi connectivity index (χ0v) is 17.7. The van der Waals surface area contributed by atoms with Crippen LogP contribution in [0.25, 0.3) is 10.4 Å². The van der Waals surface area contributed by atoms with Crippen molar-refractivity contribution in [3.05, 3.63) is 81.7 Å². The molecule has 0 atom stereocenters. The van der Waals surface area contributed by atoms with Gasteiger partial charge in [-0.25, -0.2) is 0 Å². The minimum atomic E-state index is -4.32. The molecule has 0 aliphatic heterocycles. The third-order valence-electron chi connectivity index (χ3n) is 5.03. The van der Waals surface area contributed by atoms with Crippen LogP contribution in [0.2, 0.25) is 0 Å². The number of benzene rings is 2. The van der Waals surface area contributed by atoms with Crippen LogP contribution in [-0.4, -0.2) is 13.1 Å². The lowest BCUT2D eigenvalue weighted by atomic mass is 10.0. The summed E-state index contributed by atoms with van der Waals surface area (Å²) in [5, 5.41) is 0. The average molecular weight is 433 g/mol. The largest absolute Gasteiger partial charge is 0.469 e. The van der Waals surface area contributed by atoms with E-state index in [-0.39, 0.29) is 5.97 Å². The highest BCUT2D eigenvalue weighted by atomic mass is 32.1. The van der Waals surface area contributed by atoms with Crippen LogP contribution in [0, 0.1) is 6.92 Å². The molecule has 0 saturated heterocycles. The van der Waals surface area contributed by atoms with Gasteiger partial charge in [-0.1, -0.05) is 36.4 Å². The number of thiophene rings is 1. The van der Waals surface area contributed by atoms with E-state index in [1.807, 2.05) is 25.1 Å². The average Bonchev–Trinajstić information content (AvgIpc) is 3.11. The zero-order valence-electron chi connectivity index (χ0n) is 16.9. The van der Waals surface area contributed by atoms with E-state index in [9.17, 15) is 18.0 Å². The van der Waals surface area contributed by atoms with E-state index < -0.39 is 11.7 Å². The Balaban J connectivity index is 1.61. The predicted molar refractivity (Wildman–Crippen MR) is 114 cm³/mol. The lowest BCUT2D eigenvalue weighted by Crippen LogP contribution is -2.03. The maximum absolute atomic E-state index is 12.8. The molecular formula is C24H23F3O2S. The molecule has 3 rings (SSSR count). The Morgan fingerprint density at radius 3 is 2.10 bits per heavy atom. The second-order valence-electron chi connectivity index (χ2n) is 7.18. The van der Waals surface area contributed by atoms with Gasteiger partial charge in [-0.05, 0) is 66.6 Å². The first kappa shape index (κ1) is 22.1. The Labute approximate surface area is 178 Å². The van der Waals surface area contributed by atoms with E-state index >= 15 is 0 Å². The SMILES string of the molecule is COC(=O)CCc1ccc(CCc2sc(-c3ccc(C(F)(F)F)cc3)cc2C)cc1. The van der Waals surface area contributed by atoms with Crippen molar-refractivity contribution in [3.8, 4) is 10.4 Å². The lowest BCUT2D eigenvalue weighted by molar-refractivity contribution is -0.140. The minimum absolute atomic E-state index is 0.212. The first-order chi connectivity index (χ1) is 14.3. The van der Waals surface area contributed by atoms with Crippen LogP contribution in [-0.2, 0) is 35.0 Å². The van der Waals surface area contributed by atoms with Crippen LogP contribution >= 0.6 is 11.3 Å². The maximum Gasteiger partial charge on any atom is 0.416 e. The van der Waals surface area contributed by atoms with Crippen LogP contribution in [0.4, 0.5) is 13.2 Å². The van der Waals surface area contributed by atoms with Gasteiger partial charge in [0.25, 0.3) is 0 Å². The number of rotatable bonds is 7. The standard InChI is InChI=1S/C24H23F3O2S/c1-16-15-22(19-9-11-20(12-10-19)24(25,26)27)30-21(16)13-7-17-3-5-18(6-4-17)8-14-23(28)29-2/h3-6,9-12,15H,7-8,13-14H2,1-2H3. The van der Waals surface area contributed by atoms with Gasteiger partial charge < -0.3 is 4.74 Å². The summed E-state index contributed by atoms with van der Waals surface area (Å²) in [4.78, 5) is 13.5. The molecule has 30 heavy (non-hydrogen) atoms. The summed E-state index contributed by atoms with van der Waals surface area (Å²) >= 11 is 1.63. The first-order valence-corrected chi connectivity index (χ1v) is 10.5. The summed E-state index contributed by atoms with van der Waals surface area (Å²) in [6, 6.07) is 15.6. The molecule has 0 spiro atoms. The van der Waals surface area contributed by atoms with Crippen molar-refractivity contribution in [3.63, 3.8) is 0 Å². The van der Waals surface area contributed by atoms with E-state index in [0.29, 0.717) is 12.8 Å². The second-order valence-corrected chi connectivity index (χ2v) is 8.32. The monoisotopic (exact) mass is 432 g/mol. The Morgan fingerprint density at radius 2 is 1.53 bits per heavy atom. The molecule has 1 heterocycles. The molecule has 0 amide bonds. The van der Waals surface area contributed by atoms with Gasteiger partial charge in [0, 0.05) is 16.2 Å². The van der Waals surface area contributed by atoms with Gasteiger partial charge in [0.2, 0.25) is 0 Å². The number of carbonyl (C=O) groups is 1. The van der Waals surface area contributed by atoms with Crippen molar-refractivity contribution >= 4 is 17.3 Å². The van der Waals surface area contributed by atoms with E-state index in [2.05, 4.69) is 16.9 Å². The normalized spacial score (nSPS) is 11.5. The molecule has 0 saturated carbocycles. The van der Waals surface area contributed by atoms with Crippen LogP contribution in [0.1, 0.15) is 33.6 Å². The van der Waals surface area contributed by atoms with Crippen LogP contribution in [0.5, 0.6) is 0 Å². The molecule has 0 radical (unpaired) electrons. The molecule has 6 heteroatoms. The fourth-order valence-electron chi connectivity index (χ4n) is 3.21. The van der Waals surface area contributed by atoms with Gasteiger partial charge in [-0.2, -0.15) is 13.2 Å². The quantitative estimate of drug-likeness (QED) is 0.392. The number of alkyl halides is 3. The molecule has 2 aromatic carbocycles. The summed E-state index contributed by atoms with van der Waals surface area (Å²) in [5.41, 5.74) is 3.64. The molecule has 0 bridgehead atoms. The number of ether oxygens (including phenoxy) is 1. The number of hydrogen-bond donors (Lipinski definition) is 0. The third-order valence-corrected chi connectivity index (χ3v) is 6.37. The molecule has 0 unspecified atom stereocenters. The smallest absolute Gasteiger partial charge is 0.416 e. The number of methoxy groups -OCH3 is 1. The first-order valence-electron chi connectivity index (χ1n) is 9.68. The van der Waals surface area contributed by atoms with Crippen LogP contribution in [0.3, 0.4) is 0 Å². The molecule has 3 aromatic rings. The predicted octanol–water partition coefficient (Wildman–Crippen LogP) is 6.63. The van der Waals surface area contributed by atoms with E-state index in [4.69, 9.17) is 0 Å². The minimum Gasteiger partial charge on any atom is -0.469 e. The van der Waals surface area contributed by atoms with Crippen molar-refractivity contribution in [1.29, 1.82) is 0 Å². The zero-order chi connectivity index (χ0) is 21.7. The molecular weight excluding hydrogens is 409 g/mol. The highest BCUT2D eigenvalue weighted by molar-refractivity contribution is 7.15. The summed E-state index contributed by atoms with van der Waals surface area (Å²) in [6.07, 6.45) is -1.53. The van der Waals surface area contributed by atoms with E-state index in [1.165, 1.54) is 29.7 Å². The highest BCUT2D eigenvalue weighted by Gasteiger charge is 2.30. The molecule has 0 aliphatic carbocycles. The Bertz CT molecular complexity index is 987. The van der Waals surface area contributed by atoms with Crippen molar-refractivity contribution < 1.29 is 22.7 Å². The van der Waals surface area contributed by atoms with Gasteiger partial charge in [0.1, 0.15) is 0 Å².